The van der Waals surface area contributed by atoms with Gasteiger partial charge in [0.2, 0.25) is 5.91 Å². The second kappa shape index (κ2) is 7.70. The van der Waals surface area contributed by atoms with Crippen LogP contribution in [0.4, 0.5) is 0 Å². The first-order chi connectivity index (χ1) is 14.2. The molecule has 0 spiro atoms. The Bertz CT molecular complexity index is 985. The normalized spacial score (nSPS) is 18.3. The molecule has 0 saturated carbocycles. The number of aromatic nitrogens is 1. The van der Waals surface area contributed by atoms with Crippen LogP contribution in [0, 0.1) is 12.3 Å². The molecule has 0 radical (unpaired) electrons. The average Bonchev–Trinajstić information content (AvgIpc) is 3.03. The Balaban J connectivity index is 1.42. The third-order valence-electron chi connectivity index (χ3n) is 5.95. The summed E-state index contributed by atoms with van der Waals surface area (Å²) in [5.74, 6) is 0.745. The molecule has 0 bridgehead atoms. The minimum absolute atomic E-state index is 0.0123. The van der Waals surface area contributed by atoms with Crippen molar-refractivity contribution in [1.29, 1.82) is 0 Å². The van der Waals surface area contributed by atoms with E-state index in [0.717, 1.165) is 5.69 Å². The molecule has 2 aliphatic rings. The number of pyridine rings is 1. The van der Waals surface area contributed by atoms with Crippen LogP contribution in [0.5, 0.6) is 0 Å². The van der Waals surface area contributed by atoms with Crippen molar-refractivity contribution >= 4 is 17.6 Å². The number of carbonyl (C=O) groups is 3. The Morgan fingerprint density at radius 2 is 1.80 bits per heavy atom. The predicted molar refractivity (Wildman–Crippen MR) is 110 cm³/mol. The summed E-state index contributed by atoms with van der Waals surface area (Å²) in [5.41, 5.74) is 1.81. The number of ketones is 1. The van der Waals surface area contributed by atoms with Gasteiger partial charge in [-0.25, -0.2) is 0 Å². The van der Waals surface area contributed by atoms with Gasteiger partial charge in [-0.1, -0.05) is 19.9 Å². The van der Waals surface area contributed by atoms with Crippen LogP contribution < -0.4 is 0 Å². The number of carbonyl (C=O) groups excluding carboxylic acids is 3. The maximum Gasteiger partial charge on any atom is 0.289 e. The Kier molecular flexibility index (Phi) is 5.22. The summed E-state index contributed by atoms with van der Waals surface area (Å²) in [6.45, 7) is 7.70. The van der Waals surface area contributed by atoms with Gasteiger partial charge in [-0.15, -0.1) is 0 Å². The Morgan fingerprint density at radius 3 is 2.47 bits per heavy atom. The van der Waals surface area contributed by atoms with E-state index in [4.69, 9.17) is 4.42 Å². The van der Waals surface area contributed by atoms with Gasteiger partial charge in [-0.05, 0) is 24.5 Å². The van der Waals surface area contributed by atoms with Crippen LogP contribution in [-0.4, -0.2) is 58.6 Å². The van der Waals surface area contributed by atoms with E-state index >= 15 is 0 Å². The zero-order chi connectivity index (χ0) is 21.5. The van der Waals surface area contributed by atoms with Gasteiger partial charge in [-0.2, -0.15) is 0 Å². The van der Waals surface area contributed by atoms with E-state index in [1.807, 2.05) is 32.0 Å². The highest BCUT2D eigenvalue weighted by atomic mass is 16.4. The molecule has 0 atom stereocenters. The smallest absolute Gasteiger partial charge is 0.289 e. The number of furan rings is 1. The van der Waals surface area contributed by atoms with Crippen LogP contribution in [0.3, 0.4) is 0 Å². The molecule has 1 fully saturated rings. The number of piperazine rings is 1. The molecule has 158 valence electrons. The number of Topliss-reactive ketones (excluding diaryl/α,β-unsaturated/α-hetero) is 1. The van der Waals surface area contributed by atoms with E-state index in [1.165, 1.54) is 0 Å². The second-order valence-corrected chi connectivity index (χ2v) is 8.97. The first kappa shape index (κ1) is 20.3. The Morgan fingerprint density at radius 1 is 1.10 bits per heavy atom. The van der Waals surface area contributed by atoms with Crippen LogP contribution >= 0.6 is 0 Å². The van der Waals surface area contributed by atoms with Crippen LogP contribution in [0.2, 0.25) is 0 Å². The first-order valence-electron chi connectivity index (χ1n) is 10.4. The van der Waals surface area contributed by atoms with Gasteiger partial charge >= 0.3 is 0 Å². The van der Waals surface area contributed by atoms with Crippen molar-refractivity contribution in [3.05, 3.63) is 52.7 Å². The van der Waals surface area contributed by atoms with Crippen molar-refractivity contribution in [1.82, 2.24) is 14.8 Å². The van der Waals surface area contributed by atoms with Crippen molar-refractivity contribution in [2.24, 2.45) is 5.41 Å². The number of hydrogen-bond donors (Lipinski definition) is 0. The summed E-state index contributed by atoms with van der Waals surface area (Å²) < 4.78 is 5.91. The first-order valence-corrected chi connectivity index (χ1v) is 10.4. The minimum atomic E-state index is -0.204. The van der Waals surface area contributed by atoms with Gasteiger partial charge < -0.3 is 14.2 Å². The quantitative estimate of drug-likeness (QED) is 0.778. The lowest BCUT2D eigenvalue weighted by molar-refractivity contribution is -0.132. The standard InChI is InChI=1S/C23H27N3O4/c1-15-20-17(27)13-23(2,3)14-18(20)30-21(15)22(29)26-10-8-25(9-11-26)19(28)12-16-6-4-5-7-24-16/h4-7H,8-14H2,1-3H3. The third kappa shape index (κ3) is 3.88. The number of hydrogen-bond acceptors (Lipinski definition) is 5. The Hall–Kier alpha value is -2.96. The fourth-order valence-electron chi connectivity index (χ4n) is 4.36. The molecule has 7 heteroatoms. The van der Waals surface area contributed by atoms with Crippen molar-refractivity contribution < 1.29 is 18.8 Å². The van der Waals surface area contributed by atoms with Gasteiger partial charge in [0, 0.05) is 56.5 Å². The van der Waals surface area contributed by atoms with Gasteiger partial charge in [0.25, 0.3) is 5.91 Å². The molecule has 4 rings (SSSR count). The number of amides is 2. The topological polar surface area (TPSA) is 83.7 Å². The maximum absolute atomic E-state index is 13.1. The zero-order valence-corrected chi connectivity index (χ0v) is 17.7. The fraction of sp³-hybridized carbons (Fsp3) is 0.478. The highest BCUT2D eigenvalue weighted by Crippen LogP contribution is 2.38. The lowest BCUT2D eigenvalue weighted by Crippen LogP contribution is -2.51. The molecule has 0 aromatic carbocycles. The molecule has 30 heavy (non-hydrogen) atoms. The minimum Gasteiger partial charge on any atom is -0.455 e. The van der Waals surface area contributed by atoms with E-state index in [-0.39, 0.29) is 35.2 Å². The van der Waals surface area contributed by atoms with Gasteiger partial charge in [0.05, 0.1) is 12.0 Å². The van der Waals surface area contributed by atoms with Crippen LogP contribution in [0.1, 0.15) is 58.2 Å². The third-order valence-corrected chi connectivity index (χ3v) is 5.95. The molecule has 0 unspecified atom stereocenters. The molecule has 1 aliphatic heterocycles. The Labute approximate surface area is 176 Å². The summed E-state index contributed by atoms with van der Waals surface area (Å²) >= 11 is 0. The molecule has 2 aromatic heterocycles. The van der Waals surface area contributed by atoms with Crippen molar-refractivity contribution in [3.63, 3.8) is 0 Å². The molecule has 2 amide bonds. The molecule has 0 N–H and O–H groups in total. The fourth-order valence-corrected chi connectivity index (χ4v) is 4.36. The van der Waals surface area contributed by atoms with Gasteiger partial charge in [-0.3, -0.25) is 19.4 Å². The summed E-state index contributed by atoms with van der Waals surface area (Å²) in [6, 6.07) is 5.52. The molecule has 1 aliphatic carbocycles. The molecule has 1 saturated heterocycles. The number of rotatable bonds is 3. The summed E-state index contributed by atoms with van der Waals surface area (Å²) in [7, 11) is 0. The van der Waals surface area contributed by atoms with E-state index in [0.29, 0.717) is 55.9 Å². The SMILES string of the molecule is Cc1c(C(=O)N2CCN(C(=O)Cc3ccccn3)CC2)oc2c1C(=O)CC(C)(C)C2. The van der Waals surface area contributed by atoms with Crippen LogP contribution in [0.25, 0.3) is 0 Å². The number of nitrogens with zero attached hydrogens (tertiary/aromatic N) is 3. The lowest BCUT2D eigenvalue weighted by atomic mass is 9.76. The van der Waals surface area contributed by atoms with Crippen LogP contribution in [-0.2, 0) is 17.6 Å². The largest absolute Gasteiger partial charge is 0.455 e. The number of fused-ring (bicyclic) bond motifs is 1. The van der Waals surface area contributed by atoms with Crippen molar-refractivity contribution in [2.75, 3.05) is 26.2 Å². The highest BCUT2D eigenvalue weighted by molar-refractivity contribution is 6.03. The van der Waals surface area contributed by atoms with Gasteiger partial charge in [0.15, 0.2) is 11.5 Å². The monoisotopic (exact) mass is 409 g/mol. The predicted octanol–water partition coefficient (Wildman–Crippen LogP) is 2.67. The molecule has 2 aromatic rings. The van der Waals surface area contributed by atoms with E-state index < -0.39 is 0 Å². The highest BCUT2D eigenvalue weighted by Gasteiger charge is 2.38. The molecule has 7 nitrogen and oxygen atoms in total. The summed E-state index contributed by atoms with van der Waals surface area (Å²) in [5, 5.41) is 0. The maximum atomic E-state index is 13.1. The molecular formula is C23H27N3O4. The van der Waals surface area contributed by atoms with E-state index in [9.17, 15) is 14.4 Å². The molecular weight excluding hydrogens is 382 g/mol. The van der Waals surface area contributed by atoms with Crippen molar-refractivity contribution in [3.8, 4) is 0 Å². The zero-order valence-electron chi connectivity index (χ0n) is 17.7. The lowest BCUT2D eigenvalue weighted by Gasteiger charge is -2.34. The average molecular weight is 409 g/mol. The van der Waals surface area contributed by atoms with E-state index in [1.54, 1.807) is 22.9 Å². The summed E-state index contributed by atoms with van der Waals surface area (Å²) in [6.07, 6.45) is 3.05. The van der Waals surface area contributed by atoms with E-state index in [2.05, 4.69) is 4.98 Å². The molecule has 3 heterocycles. The summed E-state index contributed by atoms with van der Waals surface area (Å²) in [4.78, 5) is 45.9. The van der Waals surface area contributed by atoms with Gasteiger partial charge in [0.1, 0.15) is 5.76 Å². The van der Waals surface area contributed by atoms with Crippen molar-refractivity contribution in [2.45, 2.75) is 40.0 Å². The second-order valence-electron chi connectivity index (χ2n) is 8.97. The van der Waals surface area contributed by atoms with Crippen LogP contribution in [0.15, 0.2) is 28.8 Å².